The number of rotatable bonds is 5. The number of aromatic amines is 1. The molecule has 5 rings (SSSR count). The number of aromatic nitrogens is 2. The summed E-state index contributed by atoms with van der Waals surface area (Å²) in [5, 5.41) is 2.96. The number of hydrogen-bond donors (Lipinski definition) is 2. The number of nitrogens with one attached hydrogen (secondary N) is 2. The molecule has 0 bridgehead atoms. The lowest BCUT2D eigenvalue weighted by molar-refractivity contribution is -0.119. The Labute approximate surface area is 194 Å². The molecule has 2 N–H and O–H groups in total. The summed E-state index contributed by atoms with van der Waals surface area (Å²) in [6, 6.07) is 17.0. The second kappa shape index (κ2) is 8.76. The van der Waals surface area contributed by atoms with Gasteiger partial charge in [-0.15, -0.1) is 11.3 Å². The predicted octanol–water partition coefficient (Wildman–Crippen LogP) is 5.39. The molecule has 2 aromatic heterocycles. The van der Waals surface area contributed by atoms with Gasteiger partial charge >= 0.3 is 0 Å². The first-order chi connectivity index (χ1) is 15.6. The van der Waals surface area contributed by atoms with Gasteiger partial charge in [0.2, 0.25) is 5.91 Å². The fourth-order valence-corrected chi connectivity index (χ4v) is 4.85. The van der Waals surface area contributed by atoms with Gasteiger partial charge in [0.1, 0.15) is 5.82 Å². The van der Waals surface area contributed by atoms with Crippen molar-refractivity contribution in [2.75, 3.05) is 11.4 Å². The maximum Gasteiger partial charge on any atom is 0.251 e. The third kappa shape index (κ3) is 4.26. The normalized spacial score (nSPS) is 14.2. The van der Waals surface area contributed by atoms with Crippen LogP contribution in [0.4, 0.5) is 5.69 Å². The maximum atomic E-state index is 12.7. The van der Waals surface area contributed by atoms with Gasteiger partial charge < -0.3 is 15.2 Å². The number of carbonyl (C=O) groups is 2. The van der Waals surface area contributed by atoms with Crippen LogP contribution in [0.5, 0.6) is 0 Å². The lowest BCUT2D eigenvalue weighted by Crippen LogP contribution is -2.35. The highest BCUT2D eigenvalue weighted by atomic mass is 35.5. The number of amides is 2. The molecule has 0 atom stereocenters. The van der Waals surface area contributed by atoms with E-state index < -0.39 is 0 Å². The van der Waals surface area contributed by atoms with Gasteiger partial charge in [0.25, 0.3) is 5.91 Å². The lowest BCUT2D eigenvalue weighted by atomic mass is 10.1. The van der Waals surface area contributed by atoms with Gasteiger partial charge in [-0.3, -0.25) is 9.59 Å². The molecule has 0 aliphatic carbocycles. The number of piperidine rings is 1. The summed E-state index contributed by atoms with van der Waals surface area (Å²) >= 11 is 7.48. The number of fused-ring (bicyclic) bond motifs is 1. The number of halogens is 1. The fourth-order valence-electron chi connectivity index (χ4n) is 3.86. The van der Waals surface area contributed by atoms with E-state index in [0.29, 0.717) is 22.9 Å². The van der Waals surface area contributed by atoms with Crippen LogP contribution in [0, 0.1) is 0 Å². The van der Waals surface area contributed by atoms with E-state index in [9.17, 15) is 9.59 Å². The zero-order chi connectivity index (χ0) is 22.1. The summed E-state index contributed by atoms with van der Waals surface area (Å²) in [5.41, 5.74) is 4.03. The molecule has 162 valence electrons. The summed E-state index contributed by atoms with van der Waals surface area (Å²) in [4.78, 5) is 35.4. The number of benzene rings is 2. The Hall–Kier alpha value is -3.16. The third-order valence-electron chi connectivity index (χ3n) is 5.58. The van der Waals surface area contributed by atoms with Crippen LogP contribution in [0.15, 0.2) is 54.6 Å². The third-order valence-corrected chi connectivity index (χ3v) is 6.81. The van der Waals surface area contributed by atoms with Gasteiger partial charge in [0, 0.05) is 30.8 Å². The average Bonchev–Trinajstić information content (AvgIpc) is 3.43. The molecule has 8 heteroatoms. The van der Waals surface area contributed by atoms with Crippen LogP contribution in [0.25, 0.3) is 21.7 Å². The monoisotopic (exact) mass is 464 g/mol. The number of thiophene rings is 1. The maximum absolute atomic E-state index is 12.7. The van der Waals surface area contributed by atoms with Crippen LogP contribution in [-0.2, 0) is 11.3 Å². The molecule has 2 amide bonds. The van der Waals surface area contributed by atoms with Crippen molar-refractivity contribution in [3.05, 3.63) is 70.1 Å². The van der Waals surface area contributed by atoms with Gasteiger partial charge in [-0.25, -0.2) is 4.98 Å². The largest absolute Gasteiger partial charge is 0.348 e. The highest BCUT2D eigenvalue weighted by Crippen LogP contribution is 2.30. The van der Waals surface area contributed by atoms with Gasteiger partial charge in [-0.05, 0) is 60.9 Å². The smallest absolute Gasteiger partial charge is 0.251 e. The van der Waals surface area contributed by atoms with Crippen molar-refractivity contribution in [1.82, 2.24) is 15.3 Å². The van der Waals surface area contributed by atoms with Gasteiger partial charge in [-0.2, -0.15) is 0 Å². The number of H-pyrrole nitrogens is 1. The molecule has 1 aliphatic rings. The molecule has 6 nitrogen and oxygen atoms in total. The molecule has 32 heavy (non-hydrogen) atoms. The molecule has 1 aliphatic heterocycles. The van der Waals surface area contributed by atoms with Crippen LogP contribution < -0.4 is 10.2 Å². The standard InChI is InChI=1S/C24H21ClN4O2S/c25-21-11-10-20(32-21)23-27-18-9-6-16(13-19(18)28-23)24(31)26-14-15-4-7-17(8-5-15)29-12-2-1-3-22(29)30/h4-11,13H,1-3,12,14H2,(H,26,31)(H,27,28). The van der Waals surface area contributed by atoms with E-state index in [1.165, 1.54) is 11.3 Å². The van der Waals surface area contributed by atoms with Crippen molar-refractivity contribution in [1.29, 1.82) is 0 Å². The Balaban J connectivity index is 1.25. The van der Waals surface area contributed by atoms with Crippen LogP contribution in [0.2, 0.25) is 4.34 Å². The van der Waals surface area contributed by atoms with E-state index in [2.05, 4.69) is 15.3 Å². The molecule has 0 saturated carbocycles. The summed E-state index contributed by atoms with van der Waals surface area (Å²) in [6.45, 7) is 1.18. The fraction of sp³-hybridized carbons (Fsp3) is 0.208. The minimum Gasteiger partial charge on any atom is -0.348 e. The van der Waals surface area contributed by atoms with Crippen LogP contribution in [-0.4, -0.2) is 28.3 Å². The minimum absolute atomic E-state index is 0.161. The molecule has 0 unspecified atom stereocenters. The number of carbonyl (C=O) groups excluding carboxylic acids is 2. The molecule has 1 fully saturated rings. The van der Waals surface area contributed by atoms with Gasteiger partial charge in [-0.1, -0.05) is 23.7 Å². The molecule has 0 spiro atoms. The molecule has 2 aromatic carbocycles. The van der Waals surface area contributed by atoms with E-state index in [1.54, 1.807) is 12.1 Å². The Bertz CT molecular complexity index is 1300. The number of hydrogen-bond acceptors (Lipinski definition) is 4. The van der Waals surface area contributed by atoms with Crippen molar-refractivity contribution in [2.45, 2.75) is 25.8 Å². The van der Waals surface area contributed by atoms with Gasteiger partial charge in [0.15, 0.2) is 0 Å². The minimum atomic E-state index is -0.161. The summed E-state index contributed by atoms with van der Waals surface area (Å²) in [5.74, 6) is 0.754. The summed E-state index contributed by atoms with van der Waals surface area (Å²) < 4.78 is 0.705. The van der Waals surface area contributed by atoms with Crippen LogP contribution >= 0.6 is 22.9 Å². The van der Waals surface area contributed by atoms with E-state index in [-0.39, 0.29) is 11.8 Å². The highest BCUT2D eigenvalue weighted by Gasteiger charge is 2.19. The molecular weight excluding hydrogens is 444 g/mol. The van der Waals surface area contributed by atoms with E-state index in [0.717, 1.165) is 52.4 Å². The van der Waals surface area contributed by atoms with Gasteiger partial charge in [0.05, 0.1) is 20.2 Å². The van der Waals surface area contributed by atoms with Crippen molar-refractivity contribution >= 4 is 51.5 Å². The Kier molecular flexibility index (Phi) is 5.68. The molecule has 3 heterocycles. The average molecular weight is 465 g/mol. The first-order valence-electron chi connectivity index (χ1n) is 10.5. The molecular formula is C24H21ClN4O2S. The number of nitrogens with zero attached hydrogens (tertiary/aromatic N) is 2. The molecule has 1 saturated heterocycles. The Morgan fingerprint density at radius 1 is 1.12 bits per heavy atom. The van der Waals surface area contributed by atoms with Crippen LogP contribution in [0.3, 0.4) is 0 Å². The lowest BCUT2D eigenvalue weighted by Gasteiger charge is -2.26. The Morgan fingerprint density at radius 2 is 1.97 bits per heavy atom. The van der Waals surface area contributed by atoms with Crippen molar-refractivity contribution in [3.63, 3.8) is 0 Å². The molecule has 4 aromatic rings. The van der Waals surface area contributed by atoms with Crippen molar-refractivity contribution < 1.29 is 9.59 Å². The topological polar surface area (TPSA) is 78.1 Å². The van der Waals surface area contributed by atoms with Crippen molar-refractivity contribution in [3.8, 4) is 10.7 Å². The molecule has 0 radical (unpaired) electrons. The van der Waals surface area contributed by atoms with E-state index in [4.69, 9.17) is 11.6 Å². The number of imidazole rings is 1. The second-order valence-electron chi connectivity index (χ2n) is 7.77. The summed E-state index contributed by atoms with van der Waals surface area (Å²) in [7, 11) is 0. The van der Waals surface area contributed by atoms with E-state index >= 15 is 0 Å². The zero-order valence-corrected chi connectivity index (χ0v) is 18.8. The highest BCUT2D eigenvalue weighted by molar-refractivity contribution is 7.19. The predicted molar refractivity (Wildman–Crippen MR) is 128 cm³/mol. The van der Waals surface area contributed by atoms with E-state index in [1.807, 2.05) is 47.4 Å². The first kappa shape index (κ1) is 20.7. The Morgan fingerprint density at radius 3 is 2.72 bits per heavy atom. The zero-order valence-electron chi connectivity index (χ0n) is 17.2. The first-order valence-corrected chi connectivity index (χ1v) is 11.7. The second-order valence-corrected chi connectivity index (χ2v) is 9.49. The quantitative estimate of drug-likeness (QED) is 0.415. The van der Waals surface area contributed by atoms with Crippen LogP contribution in [0.1, 0.15) is 35.2 Å². The summed E-state index contributed by atoms with van der Waals surface area (Å²) in [6.07, 6.45) is 2.61. The number of anilines is 1. The SMILES string of the molecule is O=C(NCc1ccc(N2CCCCC2=O)cc1)c1ccc2[nH]c(-c3ccc(Cl)s3)nc2c1. The van der Waals surface area contributed by atoms with Crippen molar-refractivity contribution in [2.24, 2.45) is 0 Å².